The van der Waals surface area contributed by atoms with Crippen LogP contribution in [0.15, 0.2) is 41.0 Å². The average molecular weight is 344 g/mol. The van der Waals surface area contributed by atoms with E-state index in [1.165, 1.54) is 0 Å². The Morgan fingerprint density at radius 1 is 1.14 bits per heavy atom. The Balaban J connectivity index is 2.10. The Hall–Kier alpha value is -2.14. The lowest BCUT2D eigenvalue weighted by molar-refractivity contribution is 0.463. The first-order valence-electron chi connectivity index (χ1n) is 6.51. The number of halogens is 1. The van der Waals surface area contributed by atoms with Crippen molar-refractivity contribution in [3.05, 3.63) is 52.3 Å². The van der Waals surface area contributed by atoms with Gasteiger partial charge in [0.15, 0.2) is 5.75 Å². The Morgan fingerprint density at radius 2 is 1.95 bits per heavy atom. The van der Waals surface area contributed by atoms with E-state index in [0.717, 1.165) is 26.6 Å². The van der Waals surface area contributed by atoms with Gasteiger partial charge in [0.25, 0.3) is 0 Å². The summed E-state index contributed by atoms with van der Waals surface area (Å²) < 4.78 is 6.69. The minimum atomic E-state index is 0.484. The summed E-state index contributed by atoms with van der Waals surface area (Å²) in [6, 6.07) is 9.83. The van der Waals surface area contributed by atoms with Crippen LogP contribution in [0.1, 0.15) is 11.3 Å². The fraction of sp³-hybridized carbons (Fsp3) is 0.125. The quantitative estimate of drug-likeness (QED) is 0.749. The SMILES string of the molecule is Cc1ccc2cccc(Oc3ncc(N)c(C)c3Br)c2n1. The third-order valence-electron chi connectivity index (χ3n) is 3.30. The van der Waals surface area contributed by atoms with E-state index < -0.39 is 0 Å². The van der Waals surface area contributed by atoms with E-state index in [2.05, 4.69) is 25.9 Å². The first-order valence-corrected chi connectivity index (χ1v) is 7.30. The highest BCUT2D eigenvalue weighted by Crippen LogP contribution is 2.34. The summed E-state index contributed by atoms with van der Waals surface area (Å²) in [5, 5.41) is 1.03. The van der Waals surface area contributed by atoms with E-state index in [4.69, 9.17) is 10.5 Å². The van der Waals surface area contributed by atoms with E-state index >= 15 is 0 Å². The van der Waals surface area contributed by atoms with Crippen molar-refractivity contribution in [2.45, 2.75) is 13.8 Å². The molecule has 1 aromatic carbocycles. The van der Waals surface area contributed by atoms with Crippen molar-refractivity contribution in [1.82, 2.24) is 9.97 Å². The first-order chi connectivity index (χ1) is 10.1. The van der Waals surface area contributed by atoms with Crippen molar-refractivity contribution in [3.8, 4) is 11.6 Å². The summed E-state index contributed by atoms with van der Waals surface area (Å²) in [5.41, 5.74) is 9.13. The molecule has 2 N–H and O–H groups in total. The Kier molecular flexibility index (Phi) is 3.51. The van der Waals surface area contributed by atoms with E-state index in [-0.39, 0.29) is 0 Å². The molecule has 3 aromatic rings. The molecule has 0 aliphatic rings. The highest BCUT2D eigenvalue weighted by Gasteiger charge is 2.12. The van der Waals surface area contributed by atoms with Gasteiger partial charge in [0.1, 0.15) is 5.52 Å². The number of pyridine rings is 2. The zero-order chi connectivity index (χ0) is 15.0. The van der Waals surface area contributed by atoms with Gasteiger partial charge in [0, 0.05) is 11.1 Å². The second-order valence-electron chi connectivity index (χ2n) is 4.84. The second-order valence-corrected chi connectivity index (χ2v) is 5.63. The van der Waals surface area contributed by atoms with Crippen LogP contribution in [0.2, 0.25) is 0 Å². The first kappa shape index (κ1) is 13.8. The predicted octanol–water partition coefficient (Wildman–Crippen LogP) is 4.38. The van der Waals surface area contributed by atoms with Gasteiger partial charge in [-0.1, -0.05) is 18.2 Å². The van der Waals surface area contributed by atoms with Crippen LogP contribution in [0.5, 0.6) is 11.6 Å². The number of hydrogen-bond donors (Lipinski definition) is 1. The van der Waals surface area contributed by atoms with Crippen molar-refractivity contribution in [2.75, 3.05) is 5.73 Å². The minimum Gasteiger partial charge on any atom is -0.436 e. The Bertz CT molecular complexity index is 833. The number of aryl methyl sites for hydroxylation is 1. The van der Waals surface area contributed by atoms with Gasteiger partial charge in [-0.25, -0.2) is 9.97 Å². The number of fused-ring (bicyclic) bond motifs is 1. The van der Waals surface area contributed by atoms with Crippen LogP contribution in [-0.2, 0) is 0 Å². The van der Waals surface area contributed by atoms with Crippen LogP contribution < -0.4 is 10.5 Å². The zero-order valence-corrected chi connectivity index (χ0v) is 13.3. The molecule has 4 nitrogen and oxygen atoms in total. The average Bonchev–Trinajstić information content (AvgIpc) is 2.48. The number of ether oxygens (including phenoxy) is 1. The molecule has 3 rings (SSSR count). The van der Waals surface area contributed by atoms with E-state index in [1.54, 1.807) is 6.20 Å². The van der Waals surface area contributed by atoms with Crippen molar-refractivity contribution < 1.29 is 4.74 Å². The van der Waals surface area contributed by atoms with Gasteiger partial charge in [0.2, 0.25) is 5.88 Å². The van der Waals surface area contributed by atoms with Crippen LogP contribution in [-0.4, -0.2) is 9.97 Å². The molecule has 0 saturated heterocycles. The Morgan fingerprint density at radius 3 is 2.76 bits per heavy atom. The number of aromatic nitrogens is 2. The summed E-state index contributed by atoms with van der Waals surface area (Å²) in [5.74, 6) is 1.16. The molecule has 5 heteroatoms. The fourth-order valence-corrected chi connectivity index (χ4v) is 2.46. The van der Waals surface area contributed by atoms with E-state index in [1.807, 2.05) is 44.2 Å². The van der Waals surface area contributed by atoms with Crippen LogP contribution in [0.3, 0.4) is 0 Å². The molecule has 106 valence electrons. The third kappa shape index (κ3) is 2.56. The van der Waals surface area contributed by atoms with Crippen LogP contribution in [0, 0.1) is 13.8 Å². The lowest BCUT2D eigenvalue weighted by Crippen LogP contribution is -1.97. The van der Waals surface area contributed by atoms with Crippen LogP contribution in [0.4, 0.5) is 5.69 Å². The summed E-state index contributed by atoms with van der Waals surface area (Å²) in [7, 11) is 0. The molecule has 0 fully saturated rings. The van der Waals surface area contributed by atoms with Gasteiger partial charge in [-0.05, 0) is 47.5 Å². The van der Waals surface area contributed by atoms with Crippen molar-refractivity contribution in [2.24, 2.45) is 0 Å². The number of hydrogen-bond acceptors (Lipinski definition) is 4. The number of nitrogens with two attached hydrogens (primary N) is 1. The number of nitrogens with zero attached hydrogens (tertiary/aromatic N) is 2. The number of anilines is 1. The minimum absolute atomic E-state index is 0.484. The molecule has 21 heavy (non-hydrogen) atoms. The fourth-order valence-electron chi connectivity index (χ4n) is 2.04. The van der Waals surface area contributed by atoms with Crippen molar-refractivity contribution in [3.63, 3.8) is 0 Å². The number of benzene rings is 1. The van der Waals surface area contributed by atoms with Crippen LogP contribution >= 0.6 is 15.9 Å². The monoisotopic (exact) mass is 343 g/mol. The summed E-state index contributed by atoms with van der Waals surface area (Å²) in [6.07, 6.45) is 1.60. The molecule has 2 aromatic heterocycles. The molecule has 0 saturated carbocycles. The summed E-state index contributed by atoms with van der Waals surface area (Å²) in [6.45, 7) is 3.87. The maximum absolute atomic E-state index is 5.94. The summed E-state index contributed by atoms with van der Waals surface area (Å²) >= 11 is 3.48. The lowest BCUT2D eigenvalue weighted by atomic mass is 10.2. The topological polar surface area (TPSA) is 61.0 Å². The maximum Gasteiger partial charge on any atom is 0.234 e. The van der Waals surface area contributed by atoms with E-state index in [0.29, 0.717) is 17.3 Å². The second kappa shape index (κ2) is 5.33. The molecule has 2 heterocycles. The molecule has 0 unspecified atom stereocenters. The molecular formula is C16H14BrN3O. The summed E-state index contributed by atoms with van der Waals surface area (Å²) in [4.78, 5) is 8.79. The molecular weight excluding hydrogens is 330 g/mol. The van der Waals surface area contributed by atoms with Gasteiger partial charge >= 0.3 is 0 Å². The van der Waals surface area contributed by atoms with Crippen molar-refractivity contribution in [1.29, 1.82) is 0 Å². The van der Waals surface area contributed by atoms with Crippen molar-refractivity contribution >= 4 is 32.5 Å². The highest BCUT2D eigenvalue weighted by atomic mass is 79.9. The van der Waals surface area contributed by atoms with Gasteiger partial charge in [-0.3, -0.25) is 0 Å². The highest BCUT2D eigenvalue weighted by molar-refractivity contribution is 9.10. The molecule has 0 spiro atoms. The molecule has 0 bridgehead atoms. The zero-order valence-electron chi connectivity index (χ0n) is 11.7. The smallest absolute Gasteiger partial charge is 0.234 e. The van der Waals surface area contributed by atoms with Gasteiger partial charge in [-0.2, -0.15) is 0 Å². The molecule has 0 amide bonds. The third-order valence-corrected chi connectivity index (χ3v) is 4.23. The molecule has 0 radical (unpaired) electrons. The number of rotatable bonds is 2. The van der Waals surface area contributed by atoms with Gasteiger partial charge in [-0.15, -0.1) is 0 Å². The molecule has 0 aliphatic heterocycles. The number of para-hydroxylation sites is 1. The molecule has 0 atom stereocenters. The standard InChI is InChI=1S/C16H14BrN3O/c1-9-6-7-11-4-3-5-13(15(11)20-9)21-16-14(17)10(2)12(18)8-19-16/h3-8H,18H2,1-2H3. The van der Waals surface area contributed by atoms with Gasteiger partial charge < -0.3 is 10.5 Å². The van der Waals surface area contributed by atoms with Crippen LogP contribution in [0.25, 0.3) is 10.9 Å². The lowest BCUT2D eigenvalue weighted by Gasteiger charge is -2.11. The normalized spacial score (nSPS) is 10.8. The van der Waals surface area contributed by atoms with E-state index in [9.17, 15) is 0 Å². The number of nitrogen functional groups attached to an aromatic ring is 1. The Labute approximate surface area is 131 Å². The predicted molar refractivity (Wildman–Crippen MR) is 87.6 cm³/mol. The molecule has 0 aliphatic carbocycles. The largest absolute Gasteiger partial charge is 0.436 e. The van der Waals surface area contributed by atoms with Gasteiger partial charge in [0.05, 0.1) is 16.4 Å². The maximum atomic E-state index is 5.94.